The maximum atomic E-state index is 11.8. The van der Waals surface area contributed by atoms with Crippen molar-refractivity contribution in [3.8, 4) is 0 Å². The lowest BCUT2D eigenvalue weighted by molar-refractivity contribution is -0.120. The summed E-state index contributed by atoms with van der Waals surface area (Å²) < 4.78 is 1.61. The first-order chi connectivity index (χ1) is 10.1. The zero-order valence-corrected chi connectivity index (χ0v) is 12.0. The van der Waals surface area contributed by atoms with Gasteiger partial charge in [0.2, 0.25) is 5.91 Å². The van der Waals surface area contributed by atoms with E-state index in [0.717, 1.165) is 11.3 Å². The van der Waals surface area contributed by atoms with Crippen molar-refractivity contribution < 1.29 is 9.59 Å². The molecule has 2 aromatic heterocycles. The summed E-state index contributed by atoms with van der Waals surface area (Å²) in [5.41, 5.74) is 2.08. The van der Waals surface area contributed by atoms with Crippen LogP contribution >= 0.6 is 0 Å². The Hall–Kier alpha value is -2.70. The molecular weight excluding hydrogens is 270 g/mol. The second-order valence-corrected chi connectivity index (χ2v) is 4.62. The number of aromatic nitrogens is 3. The quantitative estimate of drug-likeness (QED) is 0.820. The van der Waals surface area contributed by atoms with E-state index in [2.05, 4.69) is 20.7 Å². The van der Waals surface area contributed by atoms with Crippen LogP contribution in [-0.4, -0.2) is 33.1 Å². The van der Waals surface area contributed by atoms with Crippen molar-refractivity contribution in [1.82, 2.24) is 25.4 Å². The Kier molecular flexibility index (Phi) is 4.65. The molecule has 2 heterocycles. The van der Waals surface area contributed by atoms with E-state index in [1.807, 2.05) is 13.0 Å². The van der Waals surface area contributed by atoms with Crippen LogP contribution in [-0.2, 0) is 18.4 Å². The maximum absolute atomic E-state index is 11.8. The number of rotatable bonds is 5. The maximum Gasteiger partial charge on any atom is 0.272 e. The third-order valence-electron chi connectivity index (χ3n) is 2.97. The Labute approximate surface area is 122 Å². The van der Waals surface area contributed by atoms with Crippen LogP contribution in [0, 0.1) is 6.92 Å². The van der Waals surface area contributed by atoms with Gasteiger partial charge in [-0.05, 0) is 24.6 Å². The van der Waals surface area contributed by atoms with E-state index in [4.69, 9.17) is 0 Å². The Bertz CT molecular complexity index is 617. The third-order valence-corrected chi connectivity index (χ3v) is 2.97. The summed E-state index contributed by atoms with van der Waals surface area (Å²) in [5, 5.41) is 9.28. The minimum atomic E-state index is -0.366. The van der Waals surface area contributed by atoms with E-state index in [-0.39, 0.29) is 18.4 Å². The topological polar surface area (TPSA) is 88.9 Å². The van der Waals surface area contributed by atoms with E-state index in [1.165, 1.54) is 0 Å². The van der Waals surface area contributed by atoms with E-state index < -0.39 is 0 Å². The SMILES string of the molecule is Cc1cc(C(=O)NCC(=O)NCc2cccnc2)nn1C. The highest BCUT2D eigenvalue weighted by atomic mass is 16.2. The molecule has 0 bridgehead atoms. The van der Waals surface area contributed by atoms with Gasteiger partial charge in [-0.15, -0.1) is 0 Å². The molecular formula is C14H17N5O2. The number of pyridine rings is 1. The van der Waals surface area contributed by atoms with E-state index >= 15 is 0 Å². The summed E-state index contributed by atoms with van der Waals surface area (Å²) in [7, 11) is 1.76. The minimum Gasteiger partial charge on any atom is -0.350 e. The van der Waals surface area contributed by atoms with Gasteiger partial charge in [-0.1, -0.05) is 6.07 Å². The highest BCUT2D eigenvalue weighted by molar-refractivity contribution is 5.94. The molecule has 0 saturated carbocycles. The molecule has 0 fully saturated rings. The molecule has 0 aromatic carbocycles. The normalized spacial score (nSPS) is 10.2. The fraction of sp³-hybridized carbons (Fsp3) is 0.286. The zero-order valence-electron chi connectivity index (χ0n) is 12.0. The lowest BCUT2D eigenvalue weighted by Crippen LogP contribution is -2.36. The van der Waals surface area contributed by atoms with E-state index in [1.54, 1.807) is 36.3 Å². The molecule has 110 valence electrons. The zero-order chi connectivity index (χ0) is 15.2. The van der Waals surface area contributed by atoms with Crippen molar-refractivity contribution in [2.75, 3.05) is 6.54 Å². The molecule has 0 saturated heterocycles. The molecule has 21 heavy (non-hydrogen) atoms. The summed E-state index contributed by atoms with van der Waals surface area (Å²) in [4.78, 5) is 27.4. The van der Waals surface area contributed by atoms with Gasteiger partial charge in [0.25, 0.3) is 5.91 Å². The Morgan fingerprint density at radius 2 is 2.14 bits per heavy atom. The molecule has 2 N–H and O–H groups in total. The molecule has 2 rings (SSSR count). The number of carbonyl (C=O) groups excluding carboxylic acids is 2. The second-order valence-electron chi connectivity index (χ2n) is 4.62. The number of aryl methyl sites for hydroxylation is 2. The van der Waals surface area contributed by atoms with Crippen molar-refractivity contribution in [2.24, 2.45) is 7.05 Å². The van der Waals surface area contributed by atoms with Gasteiger partial charge >= 0.3 is 0 Å². The number of carbonyl (C=O) groups is 2. The monoisotopic (exact) mass is 287 g/mol. The molecule has 0 aliphatic carbocycles. The summed E-state index contributed by atoms with van der Waals surface area (Å²) in [6.07, 6.45) is 3.34. The molecule has 0 radical (unpaired) electrons. The molecule has 0 atom stereocenters. The molecule has 0 aliphatic heterocycles. The molecule has 2 amide bonds. The van der Waals surface area contributed by atoms with Crippen LogP contribution in [0.1, 0.15) is 21.7 Å². The van der Waals surface area contributed by atoms with Crippen LogP contribution < -0.4 is 10.6 Å². The minimum absolute atomic E-state index is 0.0886. The first-order valence-electron chi connectivity index (χ1n) is 6.50. The van der Waals surface area contributed by atoms with Crippen molar-refractivity contribution in [3.05, 3.63) is 47.5 Å². The lowest BCUT2D eigenvalue weighted by atomic mass is 10.3. The van der Waals surface area contributed by atoms with Crippen LogP contribution in [0.5, 0.6) is 0 Å². The van der Waals surface area contributed by atoms with Gasteiger partial charge in [0.1, 0.15) is 5.69 Å². The van der Waals surface area contributed by atoms with Crippen LogP contribution in [0.25, 0.3) is 0 Å². The van der Waals surface area contributed by atoms with Crippen LogP contribution in [0.3, 0.4) is 0 Å². The number of amides is 2. The predicted molar refractivity (Wildman–Crippen MR) is 76.4 cm³/mol. The van der Waals surface area contributed by atoms with E-state index in [9.17, 15) is 9.59 Å². The fourth-order valence-corrected chi connectivity index (χ4v) is 1.69. The summed E-state index contributed by atoms with van der Waals surface area (Å²) in [5.74, 6) is -0.630. The molecule has 2 aromatic rings. The molecule has 0 aliphatic rings. The van der Waals surface area contributed by atoms with Crippen LogP contribution in [0.4, 0.5) is 0 Å². The van der Waals surface area contributed by atoms with Crippen molar-refractivity contribution >= 4 is 11.8 Å². The smallest absolute Gasteiger partial charge is 0.272 e. The fourth-order valence-electron chi connectivity index (χ4n) is 1.69. The Morgan fingerprint density at radius 3 is 2.76 bits per heavy atom. The largest absolute Gasteiger partial charge is 0.350 e. The molecule has 7 nitrogen and oxygen atoms in total. The first-order valence-corrected chi connectivity index (χ1v) is 6.50. The molecule has 0 spiro atoms. The average Bonchev–Trinajstić information content (AvgIpc) is 2.83. The molecule has 7 heteroatoms. The van der Waals surface area contributed by atoms with Gasteiger partial charge in [-0.2, -0.15) is 5.10 Å². The highest BCUT2D eigenvalue weighted by Gasteiger charge is 2.12. The highest BCUT2D eigenvalue weighted by Crippen LogP contribution is 2.00. The summed E-state index contributed by atoms with van der Waals surface area (Å²) >= 11 is 0. The second kappa shape index (κ2) is 6.65. The van der Waals surface area contributed by atoms with E-state index in [0.29, 0.717) is 12.2 Å². The van der Waals surface area contributed by atoms with Crippen molar-refractivity contribution in [2.45, 2.75) is 13.5 Å². The third kappa shape index (κ3) is 4.13. The van der Waals surface area contributed by atoms with Gasteiger partial charge in [-0.25, -0.2) is 0 Å². The number of hydrogen-bond acceptors (Lipinski definition) is 4. The molecule has 0 unspecified atom stereocenters. The number of nitrogens with one attached hydrogen (secondary N) is 2. The van der Waals surface area contributed by atoms with Crippen molar-refractivity contribution in [3.63, 3.8) is 0 Å². The van der Waals surface area contributed by atoms with Gasteiger partial charge in [0.15, 0.2) is 0 Å². The van der Waals surface area contributed by atoms with Gasteiger partial charge in [0, 0.05) is 31.7 Å². The summed E-state index contributed by atoms with van der Waals surface area (Å²) in [6.45, 7) is 2.14. The standard InChI is InChI=1S/C14H17N5O2/c1-10-6-12(18-19(10)2)14(21)17-9-13(20)16-8-11-4-3-5-15-7-11/h3-7H,8-9H2,1-2H3,(H,16,20)(H,17,21). The van der Waals surface area contributed by atoms with Crippen LogP contribution in [0.2, 0.25) is 0 Å². The van der Waals surface area contributed by atoms with Gasteiger partial charge in [0.05, 0.1) is 6.54 Å². The first kappa shape index (κ1) is 14.7. The number of nitrogens with zero attached hydrogens (tertiary/aromatic N) is 3. The number of hydrogen-bond donors (Lipinski definition) is 2. The summed E-state index contributed by atoms with van der Waals surface area (Å²) in [6, 6.07) is 5.33. The van der Waals surface area contributed by atoms with Gasteiger partial charge < -0.3 is 10.6 Å². The Balaban J connectivity index is 1.77. The predicted octanol–water partition coefficient (Wildman–Crippen LogP) is 0.170. The van der Waals surface area contributed by atoms with Crippen molar-refractivity contribution in [1.29, 1.82) is 0 Å². The Morgan fingerprint density at radius 1 is 1.33 bits per heavy atom. The lowest BCUT2D eigenvalue weighted by Gasteiger charge is -2.05. The average molecular weight is 287 g/mol. The van der Waals surface area contributed by atoms with Gasteiger partial charge in [-0.3, -0.25) is 19.3 Å². The van der Waals surface area contributed by atoms with Crippen LogP contribution in [0.15, 0.2) is 30.6 Å².